The van der Waals surface area contributed by atoms with Gasteiger partial charge in [0.2, 0.25) is 12.2 Å². The molecule has 12 heavy (non-hydrogen) atoms. The highest BCUT2D eigenvalue weighted by Crippen LogP contribution is 2.22. The molecular weight excluding hydrogens is 168 g/mol. The monoisotopic (exact) mass is 170 g/mol. The van der Waals surface area contributed by atoms with Crippen molar-refractivity contribution >= 4 is 23.5 Å². The summed E-state index contributed by atoms with van der Waals surface area (Å²) in [5.74, 6) is -4.19. The highest BCUT2D eigenvalue weighted by atomic mass is 16.6. The Kier molecular flexibility index (Phi) is 1.10. The lowest BCUT2D eigenvalue weighted by Crippen LogP contribution is -2.26. The van der Waals surface area contributed by atoms with Crippen molar-refractivity contribution in [3.05, 3.63) is 0 Å². The van der Waals surface area contributed by atoms with E-state index in [9.17, 15) is 19.2 Å². The smallest absolute Gasteiger partial charge is 0.379 e. The molecule has 6 heteroatoms. The van der Waals surface area contributed by atoms with Crippen molar-refractivity contribution in [3.8, 4) is 0 Å². The number of Topliss-reactive ketones (excluding diaryl/α,β-unsaturated/α-hetero) is 2. The Hall–Kier alpha value is -1.72. The maximum absolute atomic E-state index is 10.8. The molecule has 2 aliphatic heterocycles. The fourth-order valence-corrected chi connectivity index (χ4v) is 1.08. The normalized spacial score (nSPS) is 33.3. The van der Waals surface area contributed by atoms with Gasteiger partial charge < -0.3 is 9.47 Å². The molecular formula is C6H2O6. The van der Waals surface area contributed by atoms with Crippen LogP contribution >= 0.6 is 0 Å². The fourth-order valence-electron chi connectivity index (χ4n) is 1.08. The molecule has 0 N–H and O–H groups in total. The van der Waals surface area contributed by atoms with Crippen LogP contribution in [-0.2, 0) is 28.7 Å². The average molecular weight is 170 g/mol. The van der Waals surface area contributed by atoms with Crippen LogP contribution in [0, 0.1) is 0 Å². The number of carbonyl (C=O) groups is 4. The van der Waals surface area contributed by atoms with Gasteiger partial charge in [-0.2, -0.15) is 0 Å². The fraction of sp³-hybridized carbons (Fsp3) is 0.333. The predicted octanol–water partition coefficient (Wildman–Crippen LogP) is -2.02. The first-order valence-electron chi connectivity index (χ1n) is 3.11. The van der Waals surface area contributed by atoms with E-state index in [1.54, 1.807) is 0 Å². The minimum atomic E-state index is -1.34. The zero-order valence-electron chi connectivity index (χ0n) is 5.60. The van der Waals surface area contributed by atoms with Gasteiger partial charge in [0.05, 0.1) is 0 Å². The van der Waals surface area contributed by atoms with Gasteiger partial charge in [-0.3, -0.25) is 9.59 Å². The summed E-state index contributed by atoms with van der Waals surface area (Å²) in [4.78, 5) is 42.6. The number of ether oxygens (including phenoxy) is 2. The van der Waals surface area contributed by atoms with Gasteiger partial charge in [-0.1, -0.05) is 0 Å². The minimum absolute atomic E-state index is 0.973. The van der Waals surface area contributed by atoms with Gasteiger partial charge in [0.1, 0.15) is 0 Å². The maximum atomic E-state index is 10.8. The molecule has 0 spiro atoms. The quantitative estimate of drug-likeness (QED) is 0.308. The van der Waals surface area contributed by atoms with E-state index in [4.69, 9.17) is 0 Å². The van der Waals surface area contributed by atoms with E-state index in [1.165, 1.54) is 0 Å². The summed E-state index contributed by atoms with van der Waals surface area (Å²) in [5.41, 5.74) is 0. The first kappa shape index (κ1) is 6.96. The van der Waals surface area contributed by atoms with Crippen molar-refractivity contribution in [2.24, 2.45) is 0 Å². The van der Waals surface area contributed by atoms with Crippen molar-refractivity contribution in [2.45, 2.75) is 12.2 Å². The third-order valence-electron chi connectivity index (χ3n) is 1.66. The molecule has 2 atom stereocenters. The topological polar surface area (TPSA) is 86.7 Å². The molecule has 2 aliphatic rings. The highest BCUT2D eigenvalue weighted by Gasteiger charge is 2.57. The van der Waals surface area contributed by atoms with Gasteiger partial charge in [0, 0.05) is 0 Å². The maximum Gasteiger partial charge on any atom is 0.379 e. The van der Waals surface area contributed by atoms with Crippen molar-refractivity contribution in [1.29, 1.82) is 0 Å². The number of carbonyl (C=O) groups excluding carboxylic acids is 4. The van der Waals surface area contributed by atoms with Crippen molar-refractivity contribution in [3.63, 3.8) is 0 Å². The third kappa shape index (κ3) is 0.635. The molecule has 0 radical (unpaired) electrons. The summed E-state index contributed by atoms with van der Waals surface area (Å²) in [6.07, 6.45) is -2.67. The molecule has 0 saturated carbocycles. The van der Waals surface area contributed by atoms with Gasteiger partial charge in [-0.15, -0.1) is 0 Å². The van der Waals surface area contributed by atoms with E-state index in [1.807, 2.05) is 0 Å². The van der Waals surface area contributed by atoms with Gasteiger partial charge in [-0.05, 0) is 0 Å². The van der Waals surface area contributed by atoms with Crippen molar-refractivity contribution in [1.82, 2.24) is 0 Å². The standard InChI is InChI=1S/C6H2O6/c7-1-3-4(12-5(1)9)2(8)6(10)11-3/h3-4H. The zero-order valence-corrected chi connectivity index (χ0v) is 5.60. The molecule has 6 nitrogen and oxygen atoms in total. The molecule has 0 aliphatic carbocycles. The molecule has 0 bridgehead atoms. The van der Waals surface area contributed by atoms with E-state index in [2.05, 4.69) is 9.47 Å². The van der Waals surface area contributed by atoms with Crippen LogP contribution in [0.1, 0.15) is 0 Å². The molecule has 0 aromatic carbocycles. The van der Waals surface area contributed by atoms with Crippen LogP contribution in [0.25, 0.3) is 0 Å². The molecule has 0 amide bonds. The van der Waals surface area contributed by atoms with E-state index in [0.29, 0.717) is 0 Å². The summed E-state index contributed by atoms with van der Waals surface area (Å²) >= 11 is 0. The second kappa shape index (κ2) is 1.90. The van der Waals surface area contributed by atoms with Gasteiger partial charge in [0.15, 0.2) is 0 Å². The van der Waals surface area contributed by atoms with Gasteiger partial charge in [0.25, 0.3) is 11.6 Å². The summed E-state index contributed by atoms with van der Waals surface area (Å²) in [7, 11) is 0. The number of esters is 2. The number of fused-ring (bicyclic) bond motifs is 1. The lowest BCUT2D eigenvalue weighted by atomic mass is 10.1. The van der Waals surface area contributed by atoms with Crippen molar-refractivity contribution < 1.29 is 28.7 Å². The van der Waals surface area contributed by atoms with Crippen LogP contribution in [0.5, 0.6) is 0 Å². The Labute approximate surface area is 65.4 Å². The van der Waals surface area contributed by atoms with E-state index >= 15 is 0 Å². The third-order valence-corrected chi connectivity index (χ3v) is 1.66. The number of hydrogen-bond acceptors (Lipinski definition) is 6. The van der Waals surface area contributed by atoms with Gasteiger partial charge >= 0.3 is 11.9 Å². The Morgan fingerprint density at radius 2 is 1.08 bits per heavy atom. The SMILES string of the molecule is O=C1OC2C(=O)C(=O)OC2C1=O. The Morgan fingerprint density at radius 3 is 1.42 bits per heavy atom. The van der Waals surface area contributed by atoms with Crippen LogP contribution in [-0.4, -0.2) is 35.7 Å². The Morgan fingerprint density at radius 1 is 0.750 bits per heavy atom. The number of rotatable bonds is 0. The van der Waals surface area contributed by atoms with Crippen LogP contribution in [0.15, 0.2) is 0 Å². The largest absolute Gasteiger partial charge is 0.443 e. The Bertz CT molecular complexity index is 284. The predicted molar refractivity (Wildman–Crippen MR) is 29.8 cm³/mol. The molecule has 2 heterocycles. The number of hydrogen-bond donors (Lipinski definition) is 0. The van der Waals surface area contributed by atoms with E-state index < -0.39 is 35.7 Å². The van der Waals surface area contributed by atoms with Gasteiger partial charge in [-0.25, -0.2) is 9.59 Å². The van der Waals surface area contributed by atoms with Crippen LogP contribution in [0.3, 0.4) is 0 Å². The molecule has 62 valence electrons. The molecule has 2 fully saturated rings. The highest BCUT2D eigenvalue weighted by molar-refractivity contribution is 6.46. The second-order valence-corrected chi connectivity index (χ2v) is 2.38. The summed E-state index contributed by atoms with van der Waals surface area (Å²) in [6, 6.07) is 0. The lowest BCUT2D eigenvalue weighted by Gasteiger charge is -1.97. The second-order valence-electron chi connectivity index (χ2n) is 2.38. The first-order chi connectivity index (χ1) is 5.61. The average Bonchev–Trinajstić information content (AvgIpc) is 2.43. The molecule has 0 aromatic heterocycles. The minimum Gasteiger partial charge on any atom is -0.443 e. The summed E-state index contributed by atoms with van der Waals surface area (Å²) < 4.78 is 8.59. The van der Waals surface area contributed by atoms with E-state index in [-0.39, 0.29) is 0 Å². The first-order valence-corrected chi connectivity index (χ1v) is 3.11. The van der Waals surface area contributed by atoms with Crippen LogP contribution < -0.4 is 0 Å². The van der Waals surface area contributed by atoms with E-state index in [0.717, 1.165) is 0 Å². The summed E-state index contributed by atoms with van der Waals surface area (Å²) in [5, 5.41) is 0. The Balaban J connectivity index is 2.36. The lowest BCUT2D eigenvalue weighted by molar-refractivity contribution is -0.157. The zero-order chi connectivity index (χ0) is 8.88. The molecule has 0 aromatic rings. The van der Waals surface area contributed by atoms with Crippen molar-refractivity contribution in [2.75, 3.05) is 0 Å². The van der Waals surface area contributed by atoms with Crippen LogP contribution in [0.2, 0.25) is 0 Å². The summed E-state index contributed by atoms with van der Waals surface area (Å²) in [6.45, 7) is 0. The van der Waals surface area contributed by atoms with Crippen LogP contribution in [0.4, 0.5) is 0 Å². The molecule has 2 unspecified atom stereocenters. The molecule has 2 saturated heterocycles. The number of ketones is 2. The molecule has 2 rings (SSSR count).